The van der Waals surface area contributed by atoms with E-state index >= 15 is 0 Å². The van der Waals surface area contributed by atoms with Crippen LogP contribution in [0, 0.1) is 11.3 Å². The molecule has 0 atom stereocenters. The normalized spacial score (nSPS) is 16.2. The zero-order chi connectivity index (χ0) is 9.84. The summed E-state index contributed by atoms with van der Waals surface area (Å²) in [5.74, 6) is -0.488. The van der Waals surface area contributed by atoms with Gasteiger partial charge in [0.05, 0.1) is 23.8 Å². The first-order valence-electron chi connectivity index (χ1n) is 3.78. The van der Waals surface area contributed by atoms with Crippen molar-refractivity contribution in [2.45, 2.75) is 12.8 Å². The number of allylic oxidation sites excluding steroid dienone is 2. The molecule has 0 aromatic carbocycles. The molecular formula is C9H8ClNO2. The quantitative estimate of drug-likeness (QED) is 0.604. The van der Waals surface area contributed by atoms with Gasteiger partial charge in [0.15, 0.2) is 0 Å². The van der Waals surface area contributed by atoms with Gasteiger partial charge >= 0.3 is 5.97 Å². The summed E-state index contributed by atoms with van der Waals surface area (Å²) in [7, 11) is 1.29. The first-order valence-corrected chi connectivity index (χ1v) is 4.16. The van der Waals surface area contributed by atoms with Crippen LogP contribution in [0.2, 0.25) is 0 Å². The van der Waals surface area contributed by atoms with E-state index in [1.807, 2.05) is 6.07 Å². The number of esters is 1. The minimum atomic E-state index is -0.488. The molecule has 0 saturated heterocycles. The first kappa shape index (κ1) is 9.82. The van der Waals surface area contributed by atoms with Gasteiger partial charge in [-0.25, -0.2) is 4.79 Å². The lowest BCUT2D eigenvalue weighted by Gasteiger charge is -2.10. The number of ether oxygens (including phenoxy) is 1. The van der Waals surface area contributed by atoms with Gasteiger partial charge in [-0.2, -0.15) is 5.26 Å². The number of hydrogen-bond donors (Lipinski definition) is 0. The summed E-state index contributed by atoms with van der Waals surface area (Å²) in [5.41, 5.74) is 0.747. The second kappa shape index (κ2) is 4.11. The van der Waals surface area contributed by atoms with E-state index in [4.69, 9.17) is 16.9 Å². The molecule has 0 fully saturated rings. The monoisotopic (exact) mass is 197 g/mol. The number of nitrogens with zero attached hydrogens (tertiary/aromatic N) is 1. The molecule has 3 nitrogen and oxygen atoms in total. The highest BCUT2D eigenvalue weighted by atomic mass is 35.5. The highest BCUT2D eigenvalue weighted by Crippen LogP contribution is 2.28. The Morgan fingerprint density at radius 1 is 1.77 bits per heavy atom. The fourth-order valence-electron chi connectivity index (χ4n) is 1.11. The Morgan fingerprint density at radius 2 is 2.46 bits per heavy atom. The van der Waals surface area contributed by atoms with Gasteiger partial charge in [-0.3, -0.25) is 0 Å². The maximum Gasteiger partial charge on any atom is 0.339 e. The average Bonchev–Trinajstić information content (AvgIpc) is 2.17. The van der Waals surface area contributed by atoms with Crippen molar-refractivity contribution in [1.82, 2.24) is 0 Å². The zero-order valence-electron chi connectivity index (χ0n) is 7.13. The molecule has 0 saturated carbocycles. The Hall–Kier alpha value is -1.27. The molecule has 0 radical (unpaired) electrons. The smallest absolute Gasteiger partial charge is 0.339 e. The van der Waals surface area contributed by atoms with E-state index in [2.05, 4.69) is 4.74 Å². The molecule has 68 valence electrons. The van der Waals surface area contributed by atoms with Gasteiger partial charge in [-0.15, -0.1) is 0 Å². The van der Waals surface area contributed by atoms with Crippen molar-refractivity contribution in [2.24, 2.45) is 0 Å². The molecule has 0 aliphatic heterocycles. The van der Waals surface area contributed by atoms with Crippen molar-refractivity contribution in [1.29, 1.82) is 5.26 Å². The first-order chi connectivity index (χ1) is 6.20. The zero-order valence-corrected chi connectivity index (χ0v) is 7.89. The molecular weight excluding hydrogens is 190 g/mol. The Balaban J connectivity index is 3.01. The summed E-state index contributed by atoms with van der Waals surface area (Å²) >= 11 is 5.81. The molecule has 1 aliphatic carbocycles. The van der Waals surface area contributed by atoms with E-state index in [0.29, 0.717) is 24.0 Å². The Bertz CT molecular complexity index is 336. The third-order valence-electron chi connectivity index (χ3n) is 1.78. The number of carbonyl (C=O) groups excluding carboxylic acids is 1. The standard InChI is InChI=1S/C9H8ClNO2/c1-13-9(12)7-4-2-3-6(5-11)8(7)10/h4H,2-3H2,1H3. The summed E-state index contributed by atoms with van der Waals surface area (Å²) in [6, 6.07) is 1.96. The second-order valence-corrected chi connectivity index (χ2v) is 2.93. The molecule has 1 aliphatic rings. The average molecular weight is 198 g/mol. The lowest BCUT2D eigenvalue weighted by molar-refractivity contribution is -0.135. The van der Waals surface area contributed by atoms with Crippen LogP contribution in [0.3, 0.4) is 0 Å². The largest absolute Gasteiger partial charge is 0.465 e. The van der Waals surface area contributed by atoms with Gasteiger partial charge in [0, 0.05) is 5.57 Å². The van der Waals surface area contributed by atoms with Crippen molar-refractivity contribution in [3.8, 4) is 6.07 Å². The van der Waals surface area contributed by atoms with Crippen LogP contribution in [0.15, 0.2) is 22.3 Å². The van der Waals surface area contributed by atoms with Crippen LogP contribution in [0.25, 0.3) is 0 Å². The third-order valence-corrected chi connectivity index (χ3v) is 2.22. The number of nitriles is 1. The van der Waals surface area contributed by atoms with Crippen molar-refractivity contribution >= 4 is 17.6 Å². The van der Waals surface area contributed by atoms with E-state index in [-0.39, 0.29) is 5.03 Å². The molecule has 0 heterocycles. The molecule has 0 unspecified atom stereocenters. The van der Waals surface area contributed by atoms with Crippen molar-refractivity contribution < 1.29 is 9.53 Å². The van der Waals surface area contributed by atoms with Crippen LogP contribution < -0.4 is 0 Å². The van der Waals surface area contributed by atoms with Crippen LogP contribution in [-0.4, -0.2) is 13.1 Å². The highest BCUT2D eigenvalue weighted by molar-refractivity contribution is 6.35. The van der Waals surface area contributed by atoms with Gasteiger partial charge in [0.25, 0.3) is 0 Å². The van der Waals surface area contributed by atoms with E-state index in [1.165, 1.54) is 7.11 Å². The fraction of sp³-hybridized carbons (Fsp3) is 0.333. The molecule has 0 aromatic heterocycles. The SMILES string of the molecule is COC(=O)C1=CCCC(C#N)=C1Cl. The minimum absolute atomic E-state index is 0.223. The summed E-state index contributed by atoms with van der Waals surface area (Å²) in [4.78, 5) is 11.1. The van der Waals surface area contributed by atoms with E-state index in [0.717, 1.165) is 0 Å². The van der Waals surface area contributed by atoms with Crippen molar-refractivity contribution in [3.05, 3.63) is 22.3 Å². The van der Waals surface area contributed by atoms with Crippen LogP contribution in [0.1, 0.15) is 12.8 Å². The highest BCUT2D eigenvalue weighted by Gasteiger charge is 2.20. The Morgan fingerprint density at radius 3 is 3.00 bits per heavy atom. The maximum absolute atomic E-state index is 11.1. The Kier molecular flexibility index (Phi) is 3.10. The number of carbonyl (C=O) groups is 1. The summed E-state index contributed by atoms with van der Waals surface area (Å²) in [6.07, 6.45) is 2.94. The second-order valence-electron chi connectivity index (χ2n) is 2.55. The topological polar surface area (TPSA) is 50.1 Å². The number of halogens is 1. The molecule has 13 heavy (non-hydrogen) atoms. The predicted octanol–water partition coefficient (Wildman–Crippen LogP) is 1.90. The van der Waals surface area contributed by atoms with Crippen molar-refractivity contribution in [2.75, 3.05) is 7.11 Å². The molecule has 0 N–H and O–H groups in total. The van der Waals surface area contributed by atoms with Crippen LogP contribution in [0.5, 0.6) is 0 Å². The molecule has 0 spiro atoms. The lowest BCUT2D eigenvalue weighted by atomic mass is 10.0. The summed E-state index contributed by atoms with van der Waals surface area (Å²) in [6.45, 7) is 0. The fourth-order valence-corrected chi connectivity index (χ4v) is 1.40. The number of hydrogen-bond acceptors (Lipinski definition) is 3. The van der Waals surface area contributed by atoms with Crippen LogP contribution in [0.4, 0.5) is 0 Å². The van der Waals surface area contributed by atoms with Crippen molar-refractivity contribution in [3.63, 3.8) is 0 Å². The Labute approximate surface area is 81.2 Å². The van der Waals surface area contributed by atoms with E-state index in [1.54, 1.807) is 6.08 Å². The van der Waals surface area contributed by atoms with Gasteiger partial charge in [-0.1, -0.05) is 17.7 Å². The van der Waals surface area contributed by atoms with Gasteiger partial charge < -0.3 is 4.74 Å². The number of methoxy groups -OCH3 is 1. The summed E-state index contributed by atoms with van der Waals surface area (Å²) < 4.78 is 4.52. The van der Waals surface area contributed by atoms with Gasteiger partial charge in [0.1, 0.15) is 0 Å². The molecule has 0 amide bonds. The minimum Gasteiger partial charge on any atom is -0.465 e. The maximum atomic E-state index is 11.1. The summed E-state index contributed by atoms with van der Waals surface area (Å²) in [5, 5.41) is 8.88. The van der Waals surface area contributed by atoms with Gasteiger partial charge in [0.2, 0.25) is 0 Å². The molecule has 0 bridgehead atoms. The molecule has 1 rings (SSSR count). The van der Waals surface area contributed by atoms with E-state index < -0.39 is 5.97 Å². The third kappa shape index (κ3) is 1.90. The molecule has 4 heteroatoms. The van der Waals surface area contributed by atoms with Crippen LogP contribution >= 0.6 is 11.6 Å². The lowest BCUT2D eigenvalue weighted by Crippen LogP contribution is -2.08. The van der Waals surface area contributed by atoms with E-state index in [9.17, 15) is 4.79 Å². The molecule has 0 aromatic rings. The van der Waals surface area contributed by atoms with Crippen LogP contribution in [-0.2, 0) is 9.53 Å². The predicted molar refractivity (Wildman–Crippen MR) is 47.8 cm³/mol. The van der Waals surface area contributed by atoms with Gasteiger partial charge in [-0.05, 0) is 12.8 Å². The number of rotatable bonds is 1.